The SMILES string of the molecule is CC(C)c1cc(NN)nc(Cc2c(F)cccc2Cl)n1. The Morgan fingerprint density at radius 2 is 2.10 bits per heavy atom. The molecule has 0 saturated heterocycles. The molecular weight excluding hydrogens is 279 g/mol. The fraction of sp³-hybridized carbons (Fsp3) is 0.286. The number of hydrazine groups is 1. The van der Waals surface area contributed by atoms with Crippen molar-refractivity contribution in [2.45, 2.75) is 26.2 Å². The molecule has 0 aliphatic rings. The van der Waals surface area contributed by atoms with E-state index < -0.39 is 0 Å². The smallest absolute Gasteiger partial charge is 0.143 e. The third-order valence-electron chi connectivity index (χ3n) is 2.93. The lowest BCUT2D eigenvalue weighted by atomic mass is 10.1. The Balaban J connectivity index is 2.40. The summed E-state index contributed by atoms with van der Waals surface area (Å²) in [5.74, 6) is 6.25. The minimum absolute atomic E-state index is 0.222. The van der Waals surface area contributed by atoms with Crippen LogP contribution in [0.3, 0.4) is 0 Å². The molecule has 1 heterocycles. The first-order valence-corrected chi connectivity index (χ1v) is 6.66. The first kappa shape index (κ1) is 14.7. The first-order valence-electron chi connectivity index (χ1n) is 6.28. The van der Waals surface area contributed by atoms with Crippen LogP contribution in [-0.2, 0) is 6.42 Å². The van der Waals surface area contributed by atoms with Crippen molar-refractivity contribution < 1.29 is 4.39 Å². The van der Waals surface area contributed by atoms with Gasteiger partial charge in [-0.15, -0.1) is 0 Å². The van der Waals surface area contributed by atoms with Crippen molar-refractivity contribution in [3.8, 4) is 0 Å². The second-order valence-corrected chi connectivity index (χ2v) is 5.18. The van der Waals surface area contributed by atoms with Gasteiger partial charge < -0.3 is 5.43 Å². The van der Waals surface area contributed by atoms with Gasteiger partial charge >= 0.3 is 0 Å². The van der Waals surface area contributed by atoms with E-state index in [4.69, 9.17) is 17.4 Å². The van der Waals surface area contributed by atoms with Crippen molar-refractivity contribution in [1.29, 1.82) is 0 Å². The van der Waals surface area contributed by atoms with Crippen molar-refractivity contribution in [2.24, 2.45) is 5.84 Å². The van der Waals surface area contributed by atoms with Gasteiger partial charge in [0, 0.05) is 28.8 Å². The summed E-state index contributed by atoms with van der Waals surface area (Å²) in [4.78, 5) is 8.67. The van der Waals surface area contributed by atoms with Gasteiger partial charge in [0.2, 0.25) is 0 Å². The largest absolute Gasteiger partial charge is 0.308 e. The highest BCUT2D eigenvalue weighted by Crippen LogP contribution is 2.22. The molecule has 0 fully saturated rings. The summed E-state index contributed by atoms with van der Waals surface area (Å²) in [5.41, 5.74) is 3.73. The minimum atomic E-state index is -0.363. The number of halogens is 2. The Morgan fingerprint density at radius 3 is 2.70 bits per heavy atom. The van der Waals surface area contributed by atoms with Crippen LogP contribution in [-0.4, -0.2) is 9.97 Å². The minimum Gasteiger partial charge on any atom is -0.308 e. The fourth-order valence-corrected chi connectivity index (χ4v) is 2.06. The molecule has 0 radical (unpaired) electrons. The Hall–Kier alpha value is -1.72. The molecule has 106 valence electrons. The number of nitrogens with zero attached hydrogens (tertiary/aromatic N) is 2. The number of benzene rings is 1. The van der Waals surface area contributed by atoms with Crippen molar-refractivity contribution >= 4 is 17.4 Å². The van der Waals surface area contributed by atoms with Gasteiger partial charge in [0.1, 0.15) is 17.5 Å². The lowest BCUT2D eigenvalue weighted by molar-refractivity contribution is 0.611. The molecular formula is C14H16ClFN4. The van der Waals surface area contributed by atoms with E-state index in [1.807, 2.05) is 13.8 Å². The Kier molecular flexibility index (Phi) is 4.52. The Labute approximate surface area is 122 Å². The van der Waals surface area contributed by atoms with E-state index >= 15 is 0 Å². The molecule has 0 atom stereocenters. The number of anilines is 1. The molecule has 0 saturated carbocycles. The molecule has 2 rings (SSSR count). The first-order chi connectivity index (χ1) is 9.51. The van der Waals surface area contributed by atoms with Crippen LogP contribution in [0.5, 0.6) is 0 Å². The predicted molar refractivity (Wildman–Crippen MR) is 78.1 cm³/mol. The monoisotopic (exact) mass is 294 g/mol. The Bertz CT molecular complexity index is 596. The van der Waals surface area contributed by atoms with E-state index in [0.717, 1.165) is 5.69 Å². The van der Waals surface area contributed by atoms with Gasteiger partial charge in [0.05, 0.1) is 0 Å². The van der Waals surface area contributed by atoms with E-state index in [1.54, 1.807) is 18.2 Å². The summed E-state index contributed by atoms with van der Waals surface area (Å²) in [5, 5.41) is 0.366. The predicted octanol–water partition coefficient (Wildman–Crippen LogP) is 3.27. The third-order valence-corrected chi connectivity index (χ3v) is 3.28. The lowest BCUT2D eigenvalue weighted by Gasteiger charge is -2.11. The highest BCUT2D eigenvalue weighted by atomic mass is 35.5. The maximum atomic E-state index is 13.8. The number of nitrogens with two attached hydrogens (primary N) is 1. The molecule has 0 spiro atoms. The van der Waals surface area contributed by atoms with Crippen LogP contribution in [0.4, 0.5) is 10.2 Å². The lowest BCUT2D eigenvalue weighted by Crippen LogP contribution is -2.12. The summed E-state index contributed by atoms with van der Waals surface area (Å²) >= 11 is 6.02. The number of nitrogen functional groups attached to an aromatic ring is 1. The van der Waals surface area contributed by atoms with Crippen molar-refractivity contribution in [2.75, 3.05) is 5.43 Å². The normalized spacial score (nSPS) is 10.9. The van der Waals surface area contributed by atoms with Crippen LogP contribution < -0.4 is 11.3 Å². The van der Waals surface area contributed by atoms with Crippen LogP contribution in [0.25, 0.3) is 0 Å². The molecule has 0 bridgehead atoms. The molecule has 3 N–H and O–H groups in total. The topological polar surface area (TPSA) is 63.8 Å². The highest BCUT2D eigenvalue weighted by molar-refractivity contribution is 6.31. The molecule has 4 nitrogen and oxygen atoms in total. The van der Waals surface area contributed by atoms with Crippen LogP contribution in [0.1, 0.15) is 36.8 Å². The Morgan fingerprint density at radius 1 is 1.35 bits per heavy atom. The van der Waals surface area contributed by atoms with Crippen LogP contribution in [0.15, 0.2) is 24.3 Å². The van der Waals surface area contributed by atoms with Crippen molar-refractivity contribution in [1.82, 2.24) is 9.97 Å². The van der Waals surface area contributed by atoms with Gasteiger partial charge in [-0.1, -0.05) is 31.5 Å². The van der Waals surface area contributed by atoms with E-state index in [-0.39, 0.29) is 18.2 Å². The van der Waals surface area contributed by atoms with Gasteiger partial charge in [0.25, 0.3) is 0 Å². The van der Waals surface area contributed by atoms with Crippen LogP contribution >= 0.6 is 11.6 Å². The van der Waals surface area contributed by atoms with Crippen LogP contribution in [0, 0.1) is 5.82 Å². The average molecular weight is 295 g/mol. The summed E-state index contributed by atoms with van der Waals surface area (Å²) in [7, 11) is 0. The fourth-order valence-electron chi connectivity index (χ4n) is 1.83. The summed E-state index contributed by atoms with van der Waals surface area (Å²) in [6.07, 6.45) is 0.223. The summed E-state index contributed by atoms with van der Waals surface area (Å²) in [6.45, 7) is 4.03. The molecule has 0 aliphatic carbocycles. The van der Waals surface area contributed by atoms with E-state index in [0.29, 0.717) is 22.2 Å². The molecule has 1 aromatic carbocycles. The van der Waals surface area contributed by atoms with E-state index in [9.17, 15) is 4.39 Å². The zero-order valence-electron chi connectivity index (χ0n) is 11.3. The van der Waals surface area contributed by atoms with Crippen molar-refractivity contribution in [3.63, 3.8) is 0 Å². The molecule has 0 aliphatic heterocycles. The van der Waals surface area contributed by atoms with Gasteiger partial charge in [-0.25, -0.2) is 20.2 Å². The van der Waals surface area contributed by atoms with Gasteiger partial charge in [-0.05, 0) is 18.1 Å². The van der Waals surface area contributed by atoms with Gasteiger partial charge in [-0.3, -0.25) is 0 Å². The molecule has 20 heavy (non-hydrogen) atoms. The summed E-state index contributed by atoms with van der Waals surface area (Å²) in [6, 6.07) is 6.36. The van der Waals surface area contributed by atoms with E-state index in [1.165, 1.54) is 6.07 Å². The highest BCUT2D eigenvalue weighted by Gasteiger charge is 2.12. The molecule has 0 unspecified atom stereocenters. The van der Waals surface area contributed by atoms with E-state index in [2.05, 4.69) is 15.4 Å². The maximum absolute atomic E-state index is 13.8. The number of hydrogen-bond donors (Lipinski definition) is 2. The standard InChI is InChI=1S/C14H16ClFN4/c1-8(2)12-7-14(20-17)19-13(18-12)6-9-10(15)4-3-5-11(9)16/h3-5,7-8H,6,17H2,1-2H3,(H,18,19,20). The second-order valence-electron chi connectivity index (χ2n) is 4.77. The summed E-state index contributed by atoms with van der Waals surface area (Å²) < 4.78 is 13.8. The maximum Gasteiger partial charge on any atom is 0.143 e. The van der Waals surface area contributed by atoms with Gasteiger partial charge in [-0.2, -0.15) is 0 Å². The van der Waals surface area contributed by atoms with Gasteiger partial charge in [0.15, 0.2) is 0 Å². The third kappa shape index (κ3) is 3.23. The molecule has 0 amide bonds. The number of hydrogen-bond acceptors (Lipinski definition) is 4. The average Bonchev–Trinajstić information content (AvgIpc) is 2.42. The quantitative estimate of drug-likeness (QED) is 0.671. The number of nitrogens with one attached hydrogen (secondary N) is 1. The second kappa shape index (κ2) is 6.15. The zero-order valence-corrected chi connectivity index (χ0v) is 12.1. The van der Waals surface area contributed by atoms with Crippen LogP contribution in [0.2, 0.25) is 5.02 Å². The molecule has 2 aromatic rings. The number of aromatic nitrogens is 2. The zero-order chi connectivity index (χ0) is 14.7. The van der Waals surface area contributed by atoms with Crippen molar-refractivity contribution in [3.05, 3.63) is 52.2 Å². The number of rotatable bonds is 4. The molecule has 1 aromatic heterocycles. The molecule has 6 heteroatoms.